The van der Waals surface area contributed by atoms with Gasteiger partial charge < -0.3 is 4.74 Å². The molecule has 0 amide bonds. The highest BCUT2D eigenvalue weighted by Crippen LogP contribution is 2.13. The predicted octanol–water partition coefficient (Wildman–Crippen LogP) is 1.97. The highest BCUT2D eigenvalue weighted by molar-refractivity contribution is 7.71. The summed E-state index contributed by atoms with van der Waals surface area (Å²) in [5, 5.41) is 10.1. The SMILES string of the molecule is CC(C)Oc1cccc(/C=N/n2c(=O)cn[nH]c2=S)c1. The molecular weight excluding hydrogens is 276 g/mol. The Kier molecular flexibility index (Phi) is 4.41. The highest BCUT2D eigenvalue weighted by atomic mass is 32.1. The summed E-state index contributed by atoms with van der Waals surface area (Å²) in [6.07, 6.45) is 2.75. The lowest BCUT2D eigenvalue weighted by molar-refractivity contribution is 0.242. The lowest BCUT2D eigenvalue weighted by Crippen LogP contribution is -2.18. The molecule has 2 rings (SSSR count). The predicted molar refractivity (Wildman–Crippen MR) is 78.9 cm³/mol. The van der Waals surface area contributed by atoms with Gasteiger partial charge in [0.05, 0.1) is 12.3 Å². The highest BCUT2D eigenvalue weighted by Gasteiger charge is 1.99. The van der Waals surface area contributed by atoms with E-state index in [0.717, 1.165) is 22.2 Å². The van der Waals surface area contributed by atoms with Gasteiger partial charge in [-0.2, -0.15) is 14.9 Å². The fourth-order valence-electron chi connectivity index (χ4n) is 1.52. The first-order valence-electron chi connectivity index (χ1n) is 6.04. The zero-order valence-corrected chi connectivity index (χ0v) is 11.9. The van der Waals surface area contributed by atoms with Crippen LogP contribution >= 0.6 is 12.2 Å². The number of hydrogen-bond donors (Lipinski definition) is 1. The monoisotopic (exact) mass is 290 g/mol. The van der Waals surface area contributed by atoms with E-state index < -0.39 is 0 Å². The number of nitrogens with one attached hydrogen (secondary N) is 1. The number of hydrogen-bond acceptors (Lipinski definition) is 5. The van der Waals surface area contributed by atoms with Gasteiger partial charge in [0.2, 0.25) is 4.77 Å². The van der Waals surface area contributed by atoms with Gasteiger partial charge in [0.15, 0.2) is 0 Å². The molecule has 0 radical (unpaired) electrons. The van der Waals surface area contributed by atoms with E-state index in [-0.39, 0.29) is 16.4 Å². The van der Waals surface area contributed by atoms with Gasteiger partial charge in [-0.15, -0.1) is 0 Å². The molecule has 0 unspecified atom stereocenters. The number of ether oxygens (including phenoxy) is 1. The Morgan fingerprint density at radius 1 is 1.50 bits per heavy atom. The van der Waals surface area contributed by atoms with Crippen LogP contribution in [0.25, 0.3) is 0 Å². The Labute approximate surface area is 120 Å². The molecule has 2 aromatic rings. The largest absolute Gasteiger partial charge is 0.491 e. The fraction of sp³-hybridized carbons (Fsp3) is 0.231. The van der Waals surface area contributed by atoms with Crippen LogP contribution in [-0.2, 0) is 0 Å². The van der Waals surface area contributed by atoms with Gasteiger partial charge in [0.25, 0.3) is 5.56 Å². The lowest BCUT2D eigenvalue weighted by atomic mass is 10.2. The van der Waals surface area contributed by atoms with Gasteiger partial charge in [-0.3, -0.25) is 9.89 Å². The number of benzene rings is 1. The van der Waals surface area contributed by atoms with Crippen molar-refractivity contribution in [1.82, 2.24) is 14.9 Å². The molecular formula is C13H14N4O2S. The molecule has 1 aromatic heterocycles. The number of nitrogens with zero attached hydrogens (tertiary/aromatic N) is 3. The van der Waals surface area contributed by atoms with Gasteiger partial charge in [0, 0.05) is 0 Å². The van der Waals surface area contributed by atoms with E-state index in [1.807, 2.05) is 38.1 Å². The third kappa shape index (κ3) is 3.61. The van der Waals surface area contributed by atoms with E-state index in [4.69, 9.17) is 17.0 Å². The molecule has 7 heteroatoms. The number of H-pyrrole nitrogens is 1. The standard InChI is InChI=1S/C13H14N4O2S/c1-9(2)19-11-5-3-4-10(6-11)7-15-17-12(18)8-14-16-13(17)20/h3-9H,1-2H3,(H,16,20)/b15-7+. The van der Waals surface area contributed by atoms with Crippen LogP contribution in [0.1, 0.15) is 19.4 Å². The van der Waals surface area contributed by atoms with E-state index in [1.54, 1.807) is 0 Å². The van der Waals surface area contributed by atoms with Crippen LogP contribution in [0, 0.1) is 4.77 Å². The third-order valence-corrected chi connectivity index (χ3v) is 2.55. The van der Waals surface area contributed by atoms with Crippen molar-refractivity contribution in [2.75, 3.05) is 0 Å². The molecule has 1 heterocycles. The lowest BCUT2D eigenvalue weighted by Gasteiger charge is -2.09. The molecule has 0 saturated heterocycles. The Hall–Kier alpha value is -2.28. The van der Waals surface area contributed by atoms with Crippen molar-refractivity contribution >= 4 is 18.4 Å². The molecule has 0 aliphatic heterocycles. The number of rotatable bonds is 4. The first-order valence-corrected chi connectivity index (χ1v) is 6.45. The molecule has 6 nitrogen and oxygen atoms in total. The Bertz CT molecular complexity index is 705. The van der Waals surface area contributed by atoms with Crippen molar-refractivity contribution in [2.45, 2.75) is 20.0 Å². The van der Waals surface area contributed by atoms with Crippen LogP contribution in [0.5, 0.6) is 5.75 Å². The molecule has 20 heavy (non-hydrogen) atoms. The van der Waals surface area contributed by atoms with Crippen LogP contribution in [0.3, 0.4) is 0 Å². The van der Waals surface area contributed by atoms with E-state index in [2.05, 4.69) is 15.3 Å². The maximum atomic E-state index is 11.5. The van der Waals surface area contributed by atoms with Crippen LogP contribution in [-0.4, -0.2) is 27.2 Å². The van der Waals surface area contributed by atoms with Crippen LogP contribution in [0.4, 0.5) is 0 Å². The van der Waals surface area contributed by atoms with Crippen molar-refractivity contribution in [3.05, 3.63) is 51.2 Å². The molecule has 0 bridgehead atoms. The molecule has 0 saturated carbocycles. The van der Waals surface area contributed by atoms with Gasteiger partial charge in [0.1, 0.15) is 11.9 Å². The topological polar surface area (TPSA) is 72.3 Å². The van der Waals surface area contributed by atoms with Crippen molar-refractivity contribution in [3.63, 3.8) is 0 Å². The second-order valence-corrected chi connectivity index (χ2v) is 4.70. The Balaban J connectivity index is 2.28. The molecule has 0 spiro atoms. The van der Waals surface area contributed by atoms with E-state index in [1.165, 1.54) is 6.21 Å². The van der Waals surface area contributed by atoms with E-state index >= 15 is 0 Å². The van der Waals surface area contributed by atoms with E-state index in [0.29, 0.717) is 0 Å². The van der Waals surface area contributed by atoms with Crippen LogP contribution < -0.4 is 10.3 Å². The summed E-state index contributed by atoms with van der Waals surface area (Å²) in [6, 6.07) is 7.41. The Morgan fingerprint density at radius 2 is 2.30 bits per heavy atom. The Morgan fingerprint density at radius 3 is 3.00 bits per heavy atom. The maximum absolute atomic E-state index is 11.5. The molecule has 0 atom stereocenters. The average Bonchev–Trinajstić information content (AvgIpc) is 2.38. The van der Waals surface area contributed by atoms with Gasteiger partial charge in [-0.1, -0.05) is 12.1 Å². The van der Waals surface area contributed by atoms with Crippen molar-refractivity contribution in [3.8, 4) is 5.75 Å². The molecule has 0 fully saturated rings. The minimum Gasteiger partial charge on any atom is -0.491 e. The summed E-state index contributed by atoms with van der Waals surface area (Å²) in [7, 11) is 0. The molecule has 1 aromatic carbocycles. The normalized spacial score (nSPS) is 11.2. The second kappa shape index (κ2) is 6.25. The molecule has 104 valence electrons. The molecule has 1 N–H and O–H groups in total. The minimum atomic E-state index is -0.389. The summed E-state index contributed by atoms with van der Waals surface area (Å²) in [4.78, 5) is 11.5. The molecule has 0 aliphatic carbocycles. The molecule has 0 aliphatic rings. The summed E-state index contributed by atoms with van der Waals surface area (Å²) in [6.45, 7) is 3.91. The van der Waals surface area contributed by atoms with Gasteiger partial charge in [-0.05, 0) is 43.8 Å². The average molecular weight is 290 g/mol. The zero-order valence-electron chi connectivity index (χ0n) is 11.1. The second-order valence-electron chi connectivity index (χ2n) is 4.31. The van der Waals surface area contributed by atoms with E-state index in [9.17, 15) is 4.79 Å². The van der Waals surface area contributed by atoms with Gasteiger partial charge in [-0.25, -0.2) is 0 Å². The maximum Gasteiger partial charge on any atom is 0.293 e. The van der Waals surface area contributed by atoms with Crippen LogP contribution in [0.15, 0.2) is 40.4 Å². The fourth-order valence-corrected chi connectivity index (χ4v) is 1.71. The summed E-state index contributed by atoms with van der Waals surface area (Å²) < 4.78 is 6.80. The van der Waals surface area contributed by atoms with Gasteiger partial charge >= 0.3 is 0 Å². The first kappa shape index (κ1) is 14.1. The quantitative estimate of drug-likeness (QED) is 0.690. The smallest absolute Gasteiger partial charge is 0.293 e. The first-order chi connectivity index (χ1) is 9.56. The summed E-state index contributed by atoms with van der Waals surface area (Å²) in [5.41, 5.74) is 0.417. The van der Waals surface area contributed by atoms with Crippen molar-refractivity contribution < 1.29 is 4.74 Å². The minimum absolute atomic E-state index is 0.0962. The zero-order chi connectivity index (χ0) is 14.5. The number of aromatic amines is 1. The van der Waals surface area contributed by atoms with Crippen molar-refractivity contribution in [2.24, 2.45) is 5.10 Å². The van der Waals surface area contributed by atoms with Crippen molar-refractivity contribution in [1.29, 1.82) is 0 Å². The summed E-state index contributed by atoms with van der Waals surface area (Å²) >= 11 is 4.94. The summed E-state index contributed by atoms with van der Waals surface area (Å²) in [5.74, 6) is 0.746. The number of aromatic nitrogens is 3. The van der Waals surface area contributed by atoms with Crippen LogP contribution in [0.2, 0.25) is 0 Å². The third-order valence-electron chi connectivity index (χ3n) is 2.29.